The number of rotatable bonds is 4. The minimum Gasteiger partial charge on any atom is -0.360 e. The largest absolute Gasteiger partial charge is 0.360 e. The van der Waals surface area contributed by atoms with Crippen molar-refractivity contribution in [1.82, 2.24) is 5.16 Å². The standard InChI is InChI=1S/C13H12ClN3O3/c1-8-5-11(17-20-8)16-13(19)7-12(18)15-10-4-2-3-9(14)6-10/h2-6H,7H2,1H3,(H,15,18)(H,16,17,19). The Morgan fingerprint density at radius 2 is 2.00 bits per heavy atom. The lowest BCUT2D eigenvalue weighted by Crippen LogP contribution is -2.21. The molecule has 1 heterocycles. The molecule has 0 atom stereocenters. The summed E-state index contributed by atoms with van der Waals surface area (Å²) in [5.74, 6) is -0.0606. The summed E-state index contributed by atoms with van der Waals surface area (Å²) >= 11 is 5.79. The molecule has 2 rings (SSSR count). The number of carbonyl (C=O) groups is 2. The quantitative estimate of drug-likeness (QED) is 0.849. The highest BCUT2D eigenvalue weighted by atomic mass is 35.5. The van der Waals surface area contributed by atoms with Crippen LogP contribution < -0.4 is 10.6 Å². The number of hydrogen-bond acceptors (Lipinski definition) is 4. The van der Waals surface area contributed by atoms with Gasteiger partial charge in [0, 0.05) is 16.8 Å². The molecule has 0 radical (unpaired) electrons. The van der Waals surface area contributed by atoms with Crippen LogP contribution in [-0.4, -0.2) is 17.0 Å². The Morgan fingerprint density at radius 1 is 1.25 bits per heavy atom. The van der Waals surface area contributed by atoms with Crippen LogP contribution in [0.15, 0.2) is 34.9 Å². The van der Waals surface area contributed by atoms with Gasteiger partial charge < -0.3 is 15.2 Å². The molecule has 1 aromatic heterocycles. The molecule has 2 N–H and O–H groups in total. The van der Waals surface area contributed by atoms with Crippen LogP contribution in [0.2, 0.25) is 5.02 Å². The van der Waals surface area contributed by atoms with Gasteiger partial charge in [-0.15, -0.1) is 0 Å². The molecule has 6 nitrogen and oxygen atoms in total. The third-order valence-electron chi connectivity index (χ3n) is 2.32. The Labute approximate surface area is 120 Å². The number of anilines is 2. The molecule has 1 aromatic carbocycles. The zero-order valence-corrected chi connectivity index (χ0v) is 11.4. The van der Waals surface area contributed by atoms with Gasteiger partial charge >= 0.3 is 0 Å². The van der Waals surface area contributed by atoms with E-state index in [2.05, 4.69) is 15.8 Å². The number of aryl methyl sites for hydroxylation is 1. The molecule has 7 heteroatoms. The molecule has 2 aromatic rings. The fourth-order valence-corrected chi connectivity index (χ4v) is 1.72. The molecule has 0 unspecified atom stereocenters. The van der Waals surface area contributed by atoms with Crippen molar-refractivity contribution in [3.63, 3.8) is 0 Å². The number of halogens is 1. The third kappa shape index (κ3) is 4.10. The van der Waals surface area contributed by atoms with E-state index in [1.165, 1.54) is 0 Å². The van der Waals surface area contributed by atoms with Crippen molar-refractivity contribution in [1.29, 1.82) is 0 Å². The Kier molecular flexibility index (Phi) is 4.37. The minimum absolute atomic E-state index is 0.281. The predicted octanol–water partition coefficient (Wildman–Crippen LogP) is 2.60. The smallest absolute Gasteiger partial charge is 0.235 e. The highest BCUT2D eigenvalue weighted by Crippen LogP contribution is 2.15. The molecule has 104 valence electrons. The first-order valence-corrected chi connectivity index (χ1v) is 6.19. The summed E-state index contributed by atoms with van der Waals surface area (Å²) in [4.78, 5) is 23.3. The first-order valence-electron chi connectivity index (χ1n) is 5.81. The van der Waals surface area contributed by atoms with Crippen LogP contribution in [0.25, 0.3) is 0 Å². The monoisotopic (exact) mass is 293 g/mol. The van der Waals surface area contributed by atoms with E-state index in [9.17, 15) is 9.59 Å². The number of aromatic nitrogens is 1. The zero-order chi connectivity index (χ0) is 14.5. The topological polar surface area (TPSA) is 84.2 Å². The lowest BCUT2D eigenvalue weighted by Gasteiger charge is -2.05. The number of hydrogen-bond donors (Lipinski definition) is 2. The number of nitrogens with one attached hydrogen (secondary N) is 2. The van der Waals surface area contributed by atoms with Gasteiger partial charge in [0.25, 0.3) is 0 Å². The SMILES string of the molecule is Cc1cc(NC(=O)CC(=O)Nc2cccc(Cl)c2)no1. The molecular weight excluding hydrogens is 282 g/mol. The molecule has 0 saturated carbocycles. The Bertz CT molecular complexity index is 639. The zero-order valence-electron chi connectivity index (χ0n) is 10.6. The number of amides is 2. The predicted molar refractivity (Wildman–Crippen MR) is 74.6 cm³/mol. The van der Waals surface area contributed by atoms with Gasteiger partial charge in [0.05, 0.1) is 0 Å². The van der Waals surface area contributed by atoms with Crippen molar-refractivity contribution in [2.75, 3.05) is 10.6 Å². The number of carbonyl (C=O) groups excluding carboxylic acids is 2. The minimum atomic E-state index is -0.474. The average molecular weight is 294 g/mol. The molecule has 0 aliphatic rings. The van der Waals surface area contributed by atoms with Crippen molar-refractivity contribution in [2.24, 2.45) is 0 Å². The summed E-state index contributed by atoms with van der Waals surface area (Å²) in [6.07, 6.45) is -0.321. The van der Waals surface area contributed by atoms with Crippen molar-refractivity contribution >= 4 is 34.9 Å². The summed E-state index contributed by atoms with van der Waals surface area (Å²) in [5, 5.41) is 9.14. The maximum atomic E-state index is 11.7. The van der Waals surface area contributed by atoms with E-state index in [0.717, 1.165) is 0 Å². The molecule has 0 aliphatic heterocycles. The van der Waals surface area contributed by atoms with E-state index in [-0.39, 0.29) is 12.2 Å². The van der Waals surface area contributed by atoms with Crippen LogP contribution in [0.3, 0.4) is 0 Å². The highest BCUT2D eigenvalue weighted by molar-refractivity contribution is 6.30. The van der Waals surface area contributed by atoms with Crippen molar-refractivity contribution < 1.29 is 14.1 Å². The Hall–Kier alpha value is -2.34. The molecule has 0 spiro atoms. The number of nitrogens with zero attached hydrogens (tertiary/aromatic N) is 1. The molecule has 2 amide bonds. The Balaban J connectivity index is 1.86. The van der Waals surface area contributed by atoms with Gasteiger partial charge in [-0.1, -0.05) is 22.8 Å². The van der Waals surface area contributed by atoms with Crippen LogP contribution >= 0.6 is 11.6 Å². The van der Waals surface area contributed by atoms with Gasteiger partial charge in [0.15, 0.2) is 5.82 Å². The maximum Gasteiger partial charge on any atom is 0.235 e. The molecule has 0 aliphatic carbocycles. The van der Waals surface area contributed by atoms with E-state index in [1.807, 2.05) is 0 Å². The second-order valence-corrected chi connectivity index (χ2v) is 4.54. The fraction of sp³-hybridized carbons (Fsp3) is 0.154. The van der Waals surface area contributed by atoms with Crippen molar-refractivity contribution in [2.45, 2.75) is 13.3 Å². The van der Waals surface area contributed by atoms with Crippen LogP contribution in [0.5, 0.6) is 0 Å². The fourth-order valence-electron chi connectivity index (χ4n) is 1.53. The van der Waals surface area contributed by atoms with E-state index in [1.54, 1.807) is 37.3 Å². The third-order valence-corrected chi connectivity index (χ3v) is 2.56. The lowest BCUT2D eigenvalue weighted by atomic mass is 10.3. The molecule has 20 heavy (non-hydrogen) atoms. The first kappa shape index (κ1) is 14.1. The summed E-state index contributed by atoms with van der Waals surface area (Å²) in [5.41, 5.74) is 0.535. The summed E-state index contributed by atoms with van der Waals surface area (Å²) in [7, 11) is 0. The van der Waals surface area contributed by atoms with E-state index in [0.29, 0.717) is 16.5 Å². The van der Waals surface area contributed by atoms with Gasteiger partial charge in [0.2, 0.25) is 11.8 Å². The lowest BCUT2D eigenvalue weighted by molar-refractivity contribution is -0.123. The first-order chi connectivity index (χ1) is 9.52. The van der Waals surface area contributed by atoms with Gasteiger partial charge in [-0.2, -0.15) is 0 Å². The van der Waals surface area contributed by atoms with Gasteiger partial charge in [-0.3, -0.25) is 9.59 Å². The molecule has 0 bridgehead atoms. The van der Waals surface area contributed by atoms with Crippen LogP contribution in [-0.2, 0) is 9.59 Å². The van der Waals surface area contributed by atoms with Gasteiger partial charge in [-0.05, 0) is 25.1 Å². The van der Waals surface area contributed by atoms with Gasteiger partial charge in [0.1, 0.15) is 12.2 Å². The summed E-state index contributed by atoms with van der Waals surface area (Å²) < 4.78 is 4.80. The Morgan fingerprint density at radius 3 is 2.65 bits per heavy atom. The molecular formula is C13H12ClN3O3. The van der Waals surface area contributed by atoms with Crippen LogP contribution in [0.4, 0.5) is 11.5 Å². The highest BCUT2D eigenvalue weighted by Gasteiger charge is 2.11. The molecule has 0 saturated heterocycles. The van der Waals surface area contributed by atoms with E-state index >= 15 is 0 Å². The van der Waals surface area contributed by atoms with Gasteiger partial charge in [-0.25, -0.2) is 0 Å². The summed E-state index contributed by atoms with van der Waals surface area (Å²) in [6, 6.07) is 8.24. The average Bonchev–Trinajstić information content (AvgIpc) is 2.74. The van der Waals surface area contributed by atoms with Crippen molar-refractivity contribution in [3.8, 4) is 0 Å². The normalized spacial score (nSPS) is 10.1. The second kappa shape index (κ2) is 6.21. The maximum absolute atomic E-state index is 11.7. The van der Waals surface area contributed by atoms with Crippen LogP contribution in [0.1, 0.15) is 12.2 Å². The van der Waals surface area contributed by atoms with E-state index in [4.69, 9.17) is 16.1 Å². The summed E-state index contributed by atoms with van der Waals surface area (Å²) in [6.45, 7) is 1.70. The molecule has 0 fully saturated rings. The number of benzene rings is 1. The van der Waals surface area contributed by atoms with E-state index < -0.39 is 11.8 Å². The second-order valence-electron chi connectivity index (χ2n) is 4.11. The van der Waals surface area contributed by atoms with Crippen LogP contribution in [0, 0.1) is 6.92 Å². The van der Waals surface area contributed by atoms with Crippen molar-refractivity contribution in [3.05, 3.63) is 41.1 Å².